The molecule has 3 nitrogen and oxygen atoms in total. The highest BCUT2D eigenvalue weighted by Crippen LogP contribution is 2.30. The van der Waals surface area contributed by atoms with Gasteiger partial charge in [-0.15, -0.1) is 6.58 Å². The van der Waals surface area contributed by atoms with Crippen LogP contribution in [-0.2, 0) is 6.54 Å². The molecule has 0 aromatic heterocycles. The summed E-state index contributed by atoms with van der Waals surface area (Å²) < 4.78 is 10.9. The van der Waals surface area contributed by atoms with Gasteiger partial charge in [-0.05, 0) is 13.0 Å². The van der Waals surface area contributed by atoms with Gasteiger partial charge in [0.2, 0.25) is 0 Å². The predicted octanol–water partition coefficient (Wildman–Crippen LogP) is 2.37. The number of rotatable bonds is 7. The topological polar surface area (TPSA) is 30.5 Å². The monoisotopic (exact) mass is 221 g/mol. The van der Waals surface area contributed by atoms with Crippen molar-refractivity contribution >= 4 is 0 Å². The maximum absolute atomic E-state index is 5.60. The Morgan fingerprint density at radius 2 is 2.25 bits per heavy atom. The van der Waals surface area contributed by atoms with Gasteiger partial charge in [0, 0.05) is 18.7 Å². The van der Waals surface area contributed by atoms with Crippen molar-refractivity contribution in [2.24, 2.45) is 0 Å². The molecular weight excluding hydrogens is 202 g/mol. The third kappa shape index (κ3) is 3.28. The molecule has 0 saturated heterocycles. The number of methoxy groups -OCH3 is 1. The van der Waals surface area contributed by atoms with E-state index in [4.69, 9.17) is 9.47 Å². The second-order valence-electron chi connectivity index (χ2n) is 3.30. The fourth-order valence-corrected chi connectivity index (χ4v) is 1.48. The normalized spacial score (nSPS) is 9.88. The van der Waals surface area contributed by atoms with E-state index >= 15 is 0 Å². The van der Waals surface area contributed by atoms with Crippen LogP contribution >= 0.6 is 0 Å². The second-order valence-corrected chi connectivity index (χ2v) is 3.30. The Morgan fingerprint density at radius 1 is 1.44 bits per heavy atom. The van der Waals surface area contributed by atoms with Crippen LogP contribution in [0.25, 0.3) is 0 Å². The van der Waals surface area contributed by atoms with Gasteiger partial charge in [-0.3, -0.25) is 0 Å². The first-order valence-corrected chi connectivity index (χ1v) is 5.43. The summed E-state index contributed by atoms with van der Waals surface area (Å²) in [6, 6.07) is 5.90. The molecule has 0 bridgehead atoms. The molecule has 0 saturated carbocycles. The van der Waals surface area contributed by atoms with Crippen molar-refractivity contribution < 1.29 is 9.47 Å². The summed E-state index contributed by atoms with van der Waals surface area (Å²) in [5, 5.41) is 3.25. The van der Waals surface area contributed by atoms with E-state index in [1.54, 1.807) is 7.11 Å². The molecule has 0 spiro atoms. The van der Waals surface area contributed by atoms with Crippen molar-refractivity contribution in [1.29, 1.82) is 0 Å². The standard InChI is InChI=1S/C13H19NO2/c1-4-9-14-10-11-7-6-8-12(15-3)13(11)16-5-2/h4,6-8,14H,1,5,9-10H2,2-3H3. The van der Waals surface area contributed by atoms with Crippen LogP contribution in [0.4, 0.5) is 0 Å². The maximum Gasteiger partial charge on any atom is 0.165 e. The van der Waals surface area contributed by atoms with E-state index in [1.807, 2.05) is 31.2 Å². The highest BCUT2D eigenvalue weighted by molar-refractivity contribution is 5.46. The summed E-state index contributed by atoms with van der Waals surface area (Å²) >= 11 is 0. The van der Waals surface area contributed by atoms with Gasteiger partial charge in [-0.1, -0.05) is 18.2 Å². The van der Waals surface area contributed by atoms with E-state index in [0.29, 0.717) is 6.61 Å². The van der Waals surface area contributed by atoms with Crippen LogP contribution in [0, 0.1) is 0 Å². The lowest BCUT2D eigenvalue weighted by molar-refractivity contribution is 0.307. The highest BCUT2D eigenvalue weighted by atomic mass is 16.5. The van der Waals surface area contributed by atoms with Crippen molar-refractivity contribution in [3.63, 3.8) is 0 Å². The summed E-state index contributed by atoms with van der Waals surface area (Å²) in [6.45, 7) is 7.79. The predicted molar refractivity (Wildman–Crippen MR) is 66.1 cm³/mol. The first-order valence-electron chi connectivity index (χ1n) is 5.43. The number of hydrogen-bond acceptors (Lipinski definition) is 3. The third-order valence-electron chi connectivity index (χ3n) is 2.17. The molecule has 1 rings (SSSR count). The molecule has 0 aliphatic heterocycles. The lowest BCUT2D eigenvalue weighted by Crippen LogP contribution is -2.13. The van der Waals surface area contributed by atoms with Crippen LogP contribution in [0.3, 0.4) is 0 Å². The first-order chi connectivity index (χ1) is 7.83. The second kappa shape index (κ2) is 6.90. The van der Waals surface area contributed by atoms with Gasteiger partial charge < -0.3 is 14.8 Å². The number of ether oxygens (including phenoxy) is 2. The van der Waals surface area contributed by atoms with Crippen LogP contribution in [0.15, 0.2) is 30.9 Å². The molecule has 0 heterocycles. The van der Waals surface area contributed by atoms with E-state index in [0.717, 1.165) is 30.2 Å². The van der Waals surface area contributed by atoms with Crippen LogP contribution in [0.2, 0.25) is 0 Å². The van der Waals surface area contributed by atoms with Crippen LogP contribution < -0.4 is 14.8 Å². The molecule has 3 heteroatoms. The molecule has 1 N–H and O–H groups in total. The van der Waals surface area contributed by atoms with Gasteiger partial charge in [0.25, 0.3) is 0 Å². The summed E-state index contributed by atoms with van der Waals surface area (Å²) in [4.78, 5) is 0. The van der Waals surface area contributed by atoms with Crippen molar-refractivity contribution in [2.45, 2.75) is 13.5 Å². The number of benzene rings is 1. The largest absolute Gasteiger partial charge is 0.493 e. The molecule has 0 unspecified atom stereocenters. The third-order valence-corrected chi connectivity index (χ3v) is 2.17. The lowest BCUT2D eigenvalue weighted by atomic mass is 10.2. The summed E-state index contributed by atoms with van der Waals surface area (Å²) in [5.74, 6) is 1.60. The van der Waals surface area contributed by atoms with Gasteiger partial charge >= 0.3 is 0 Å². The minimum atomic E-state index is 0.634. The molecule has 1 aromatic rings. The maximum atomic E-state index is 5.60. The summed E-state index contributed by atoms with van der Waals surface area (Å²) in [6.07, 6.45) is 1.83. The van der Waals surface area contributed by atoms with E-state index in [9.17, 15) is 0 Å². The Bertz CT molecular complexity index is 337. The Kier molecular flexibility index (Phi) is 5.43. The smallest absolute Gasteiger partial charge is 0.165 e. The van der Waals surface area contributed by atoms with E-state index in [1.165, 1.54) is 0 Å². The molecular formula is C13H19NO2. The summed E-state index contributed by atoms with van der Waals surface area (Å²) in [5.41, 5.74) is 1.10. The van der Waals surface area contributed by atoms with Gasteiger partial charge in [0.15, 0.2) is 11.5 Å². The molecule has 0 fully saturated rings. The molecule has 1 aromatic carbocycles. The van der Waals surface area contributed by atoms with Crippen LogP contribution in [0.5, 0.6) is 11.5 Å². The number of para-hydroxylation sites is 1. The zero-order valence-corrected chi connectivity index (χ0v) is 9.95. The van der Waals surface area contributed by atoms with Gasteiger partial charge in [0.05, 0.1) is 13.7 Å². The fraction of sp³-hybridized carbons (Fsp3) is 0.385. The lowest BCUT2D eigenvalue weighted by Gasteiger charge is -2.14. The number of nitrogens with one attached hydrogen (secondary N) is 1. The van der Waals surface area contributed by atoms with Crippen molar-refractivity contribution in [3.05, 3.63) is 36.4 Å². The fourth-order valence-electron chi connectivity index (χ4n) is 1.48. The minimum absolute atomic E-state index is 0.634. The molecule has 0 amide bonds. The highest BCUT2D eigenvalue weighted by Gasteiger charge is 2.08. The Morgan fingerprint density at radius 3 is 2.88 bits per heavy atom. The molecule has 0 aliphatic rings. The Balaban J connectivity index is 2.83. The first kappa shape index (κ1) is 12.6. The molecule has 0 radical (unpaired) electrons. The zero-order chi connectivity index (χ0) is 11.8. The zero-order valence-electron chi connectivity index (χ0n) is 9.95. The molecule has 88 valence electrons. The quantitative estimate of drug-likeness (QED) is 0.566. The van der Waals surface area contributed by atoms with Crippen molar-refractivity contribution in [3.8, 4) is 11.5 Å². The molecule has 0 aliphatic carbocycles. The van der Waals surface area contributed by atoms with Gasteiger partial charge in [-0.25, -0.2) is 0 Å². The number of hydrogen-bond donors (Lipinski definition) is 1. The molecule has 16 heavy (non-hydrogen) atoms. The van der Waals surface area contributed by atoms with E-state index < -0.39 is 0 Å². The van der Waals surface area contributed by atoms with Gasteiger partial charge in [-0.2, -0.15) is 0 Å². The minimum Gasteiger partial charge on any atom is -0.493 e. The van der Waals surface area contributed by atoms with Crippen LogP contribution in [0.1, 0.15) is 12.5 Å². The van der Waals surface area contributed by atoms with Gasteiger partial charge in [0.1, 0.15) is 0 Å². The van der Waals surface area contributed by atoms with Crippen molar-refractivity contribution in [2.75, 3.05) is 20.3 Å². The van der Waals surface area contributed by atoms with Crippen LogP contribution in [-0.4, -0.2) is 20.3 Å². The molecule has 0 atom stereocenters. The van der Waals surface area contributed by atoms with Crippen molar-refractivity contribution in [1.82, 2.24) is 5.32 Å². The van der Waals surface area contributed by atoms with E-state index in [-0.39, 0.29) is 0 Å². The Hall–Kier alpha value is -1.48. The average molecular weight is 221 g/mol. The summed E-state index contributed by atoms with van der Waals surface area (Å²) in [7, 11) is 1.65. The average Bonchev–Trinajstić information content (AvgIpc) is 2.31. The van der Waals surface area contributed by atoms with E-state index in [2.05, 4.69) is 11.9 Å². The Labute approximate surface area is 97.1 Å². The SMILES string of the molecule is C=CCNCc1cccc(OC)c1OCC.